The van der Waals surface area contributed by atoms with Gasteiger partial charge in [0, 0.05) is 30.7 Å². The van der Waals surface area contributed by atoms with Crippen LogP contribution >= 0.6 is 0 Å². The summed E-state index contributed by atoms with van der Waals surface area (Å²) in [4.78, 5) is 14.5. The molecule has 1 unspecified atom stereocenters. The molecule has 0 bridgehead atoms. The summed E-state index contributed by atoms with van der Waals surface area (Å²) < 4.78 is 21.9. The van der Waals surface area contributed by atoms with Crippen LogP contribution < -0.4 is 19.5 Å². The fourth-order valence-electron chi connectivity index (χ4n) is 2.76. The van der Waals surface area contributed by atoms with E-state index in [9.17, 15) is 9.90 Å². The SMILES string of the molecule is COc1cc(C(=O)N2CCOCC2)cc(OC)c1OCC(O)CNC(C)(C)C. The summed E-state index contributed by atoms with van der Waals surface area (Å²) in [6.07, 6.45) is -0.705. The lowest BCUT2D eigenvalue weighted by Crippen LogP contribution is -2.42. The van der Waals surface area contributed by atoms with Crippen LogP contribution in [0.15, 0.2) is 12.1 Å². The maximum atomic E-state index is 12.8. The average Bonchev–Trinajstić information content (AvgIpc) is 2.69. The number of nitrogens with one attached hydrogen (secondary N) is 1. The Bertz CT molecular complexity index is 628. The summed E-state index contributed by atoms with van der Waals surface area (Å²) in [5, 5.41) is 13.4. The minimum atomic E-state index is -0.705. The van der Waals surface area contributed by atoms with Crippen molar-refractivity contribution < 1.29 is 28.8 Å². The van der Waals surface area contributed by atoms with E-state index in [0.717, 1.165) is 0 Å². The first-order valence-corrected chi connectivity index (χ1v) is 9.44. The molecule has 1 fully saturated rings. The summed E-state index contributed by atoms with van der Waals surface area (Å²) >= 11 is 0. The Morgan fingerprint density at radius 2 is 1.79 bits per heavy atom. The molecule has 8 nitrogen and oxygen atoms in total. The molecule has 0 saturated carbocycles. The van der Waals surface area contributed by atoms with Crippen LogP contribution in [0, 0.1) is 0 Å². The first-order chi connectivity index (χ1) is 13.2. The summed E-state index contributed by atoms with van der Waals surface area (Å²) in [5.41, 5.74) is 0.357. The van der Waals surface area contributed by atoms with Gasteiger partial charge in [-0.2, -0.15) is 0 Å². The van der Waals surface area contributed by atoms with E-state index in [1.807, 2.05) is 20.8 Å². The van der Waals surface area contributed by atoms with Gasteiger partial charge in [-0.05, 0) is 32.9 Å². The zero-order valence-corrected chi connectivity index (χ0v) is 17.4. The molecule has 2 rings (SSSR count). The predicted molar refractivity (Wildman–Crippen MR) is 106 cm³/mol. The number of hydrogen-bond donors (Lipinski definition) is 2. The highest BCUT2D eigenvalue weighted by molar-refractivity contribution is 5.95. The number of morpholine rings is 1. The molecule has 1 aromatic rings. The van der Waals surface area contributed by atoms with Crippen LogP contribution in [0.25, 0.3) is 0 Å². The number of benzene rings is 1. The number of β-amino-alcohol motifs (C(OH)–C–C–N with tert-alkyl or cyclic N) is 1. The van der Waals surface area contributed by atoms with Crippen LogP contribution in [-0.2, 0) is 4.74 Å². The highest BCUT2D eigenvalue weighted by Gasteiger charge is 2.23. The lowest BCUT2D eigenvalue weighted by molar-refractivity contribution is 0.0302. The molecule has 2 N–H and O–H groups in total. The first-order valence-electron chi connectivity index (χ1n) is 9.44. The number of hydrogen-bond acceptors (Lipinski definition) is 7. The van der Waals surface area contributed by atoms with Gasteiger partial charge in [-0.15, -0.1) is 0 Å². The molecule has 1 heterocycles. The van der Waals surface area contributed by atoms with E-state index in [2.05, 4.69) is 5.32 Å². The average molecular weight is 396 g/mol. The Kier molecular flexibility index (Phi) is 7.91. The van der Waals surface area contributed by atoms with Gasteiger partial charge in [-0.25, -0.2) is 0 Å². The van der Waals surface area contributed by atoms with E-state index in [1.54, 1.807) is 17.0 Å². The molecule has 1 atom stereocenters. The maximum Gasteiger partial charge on any atom is 0.254 e. The molecule has 0 aliphatic carbocycles. The topological polar surface area (TPSA) is 89.5 Å². The lowest BCUT2D eigenvalue weighted by atomic mass is 10.1. The lowest BCUT2D eigenvalue weighted by Gasteiger charge is -2.27. The van der Waals surface area contributed by atoms with Crippen molar-refractivity contribution >= 4 is 5.91 Å². The quantitative estimate of drug-likeness (QED) is 0.685. The van der Waals surface area contributed by atoms with Crippen LogP contribution in [0.4, 0.5) is 0 Å². The third kappa shape index (κ3) is 6.25. The van der Waals surface area contributed by atoms with E-state index < -0.39 is 6.10 Å². The Morgan fingerprint density at radius 3 is 2.29 bits per heavy atom. The van der Waals surface area contributed by atoms with Crippen molar-refractivity contribution in [2.45, 2.75) is 32.4 Å². The zero-order chi connectivity index (χ0) is 20.7. The number of aliphatic hydroxyl groups is 1. The van der Waals surface area contributed by atoms with Crippen LogP contribution in [0.3, 0.4) is 0 Å². The van der Waals surface area contributed by atoms with Crippen molar-refractivity contribution in [1.29, 1.82) is 0 Å². The number of ether oxygens (including phenoxy) is 4. The van der Waals surface area contributed by atoms with Crippen molar-refractivity contribution in [3.05, 3.63) is 17.7 Å². The molecular formula is C20H32N2O6. The fraction of sp³-hybridized carbons (Fsp3) is 0.650. The van der Waals surface area contributed by atoms with Crippen LogP contribution in [0.1, 0.15) is 31.1 Å². The number of amides is 1. The van der Waals surface area contributed by atoms with Gasteiger partial charge in [-0.1, -0.05) is 0 Å². The maximum absolute atomic E-state index is 12.8. The number of methoxy groups -OCH3 is 2. The standard InChI is InChI=1S/C20H32N2O6/c1-20(2,3)21-12-15(23)13-28-18-16(25-4)10-14(11-17(18)26-5)19(24)22-6-8-27-9-7-22/h10-11,15,21,23H,6-9,12-13H2,1-5H3. The Morgan fingerprint density at radius 1 is 1.21 bits per heavy atom. The number of nitrogens with zero attached hydrogens (tertiary/aromatic N) is 1. The monoisotopic (exact) mass is 396 g/mol. The molecule has 1 saturated heterocycles. The number of carbonyl (C=O) groups excluding carboxylic acids is 1. The third-order valence-electron chi connectivity index (χ3n) is 4.29. The Balaban J connectivity index is 2.12. The molecule has 8 heteroatoms. The molecule has 1 aliphatic rings. The van der Waals surface area contributed by atoms with Gasteiger partial charge in [-0.3, -0.25) is 4.79 Å². The molecule has 28 heavy (non-hydrogen) atoms. The third-order valence-corrected chi connectivity index (χ3v) is 4.29. The molecule has 1 amide bonds. The molecule has 1 aliphatic heterocycles. The minimum absolute atomic E-state index is 0.0621. The molecule has 0 spiro atoms. The second-order valence-electron chi connectivity index (χ2n) is 7.71. The minimum Gasteiger partial charge on any atom is -0.493 e. The molecular weight excluding hydrogens is 364 g/mol. The smallest absolute Gasteiger partial charge is 0.254 e. The largest absolute Gasteiger partial charge is 0.493 e. The fourth-order valence-corrected chi connectivity index (χ4v) is 2.76. The first kappa shape index (κ1) is 22.3. The summed E-state index contributed by atoms with van der Waals surface area (Å²) in [7, 11) is 3.00. The summed E-state index contributed by atoms with van der Waals surface area (Å²) in [6.45, 7) is 8.69. The predicted octanol–water partition coefficient (Wildman–Crippen LogP) is 1.30. The van der Waals surface area contributed by atoms with Gasteiger partial charge < -0.3 is 34.3 Å². The van der Waals surface area contributed by atoms with E-state index in [4.69, 9.17) is 18.9 Å². The molecule has 0 aromatic heterocycles. The van der Waals surface area contributed by atoms with Crippen molar-refractivity contribution in [2.24, 2.45) is 0 Å². The van der Waals surface area contributed by atoms with Gasteiger partial charge in [0.05, 0.1) is 27.4 Å². The van der Waals surface area contributed by atoms with E-state index >= 15 is 0 Å². The highest BCUT2D eigenvalue weighted by Crippen LogP contribution is 2.39. The van der Waals surface area contributed by atoms with E-state index in [-0.39, 0.29) is 18.1 Å². The number of carbonyl (C=O) groups is 1. The van der Waals surface area contributed by atoms with Crippen LogP contribution in [0.5, 0.6) is 17.2 Å². The summed E-state index contributed by atoms with van der Waals surface area (Å²) in [5.74, 6) is 1.01. The van der Waals surface area contributed by atoms with Crippen LogP contribution in [-0.4, -0.2) is 81.2 Å². The van der Waals surface area contributed by atoms with Gasteiger partial charge in [0.25, 0.3) is 5.91 Å². The van der Waals surface area contributed by atoms with Crippen molar-refractivity contribution in [2.75, 3.05) is 53.7 Å². The normalized spacial score (nSPS) is 15.9. The molecule has 1 aromatic carbocycles. The highest BCUT2D eigenvalue weighted by atomic mass is 16.5. The zero-order valence-electron chi connectivity index (χ0n) is 17.4. The summed E-state index contributed by atoms with van der Waals surface area (Å²) in [6, 6.07) is 3.27. The molecule has 158 valence electrons. The Labute approximate surface area is 166 Å². The second-order valence-corrected chi connectivity index (χ2v) is 7.71. The van der Waals surface area contributed by atoms with Gasteiger partial charge >= 0.3 is 0 Å². The van der Waals surface area contributed by atoms with Gasteiger partial charge in [0.2, 0.25) is 5.75 Å². The van der Waals surface area contributed by atoms with Crippen LogP contribution in [0.2, 0.25) is 0 Å². The van der Waals surface area contributed by atoms with Crippen molar-refractivity contribution in [3.63, 3.8) is 0 Å². The van der Waals surface area contributed by atoms with Crippen molar-refractivity contribution in [1.82, 2.24) is 10.2 Å². The van der Waals surface area contributed by atoms with Gasteiger partial charge in [0.15, 0.2) is 11.5 Å². The second kappa shape index (κ2) is 9.95. The van der Waals surface area contributed by atoms with Gasteiger partial charge in [0.1, 0.15) is 12.7 Å². The number of rotatable bonds is 8. The van der Waals surface area contributed by atoms with Crippen molar-refractivity contribution in [3.8, 4) is 17.2 Å². The van der Waals surface area contributed by atoms with E-state index in [0.29, 0.717) is 55.7 Å². The number of aliphatic hydroxyl groups excluding tert-OH is 1. The Hall–Kier alpha value is -2.03. The van der Waals surface area contributed by atoms with E-state index in [1.165, 1.54) is 14.2 Å². The molecule has 0 radical (unpaired) electrons.